The minimum Gasteiger partial charge on any atom is -0.493 e. The SMILES string of the molecule is CCOc1cc([N+](=O)[O-])c(C(=O)N2CCCC(C)(C(=O)O)C2)cc1OC. The molecular formula is C17H22N2O7. The van der Waals surface area contributed by atoms with Gasteiger partial charge in [0, 0.05) is 19.2 Å². The van der Waals surface area contributed by atoms with E-state index in [1.807, 2.05) is 0 Å². The molecule has 1 aromatic carbocycles. The first kappa shape index (κ1) is 19.5. The molecule has 1 amide bonds. The first-order valence-corrected chi connectivity index (χ1v) is 8.25. The molecule has 0 radical (unpaired) electrons. The Morgan fingerprint density at radius 3 is 2.62 bits per heavy atom. The van der Waals surface area contributed by atoms with Gasteiger partial charge >= 0.3 is 5.97 Å². The van der Waals surface area contributed by atoms with Gasteiger partial charge in [-0.05, 0) is 26.7 Å². The predicted molar refractivity (Wildman–Crippen MR) is 91.7 cm³/mol. The number of nitro benzene ring substituents is 1. The van der Waals surface area contributed by atoms with Gasteiger partial charge in [0.2, 0.25) is 0 Å². The molecule has 1 atom stereocenters. The van der Waals surface area contributed by atoms with Gasteiger partial charge in [0.05, 0.1) is 30.1 Å². The predicted octanol–water partition coefficient (Wildman–Crippen LogP) is 2.33. The highest BCUT2D eigenvalue weighted by atomic mass is 16.6. The Bertz CT molecular complexity index is 734. The molecule has 0 saturated carbocycles. The summed E-state index contributed by atoms with van der Waals surface area (Å²) in [6.07, 6.45) is 0.956. The van der Waals surface area contributed by atoms with E-state index in [4.69, 9.17) is 9.47 Å². The van der Waals surface area contributed by atoms with E-state index in [2.05, 4.69) is 0 Å². The van der Waals surface area contributed by atoms with E-state index in [9.17, 15) is 24.8 Å². The summed E-state index contributed by atoms with van der Waals surface area (Å²) in [6.45, 7) is 3.92. The van der Waals surface area contributed by atoms with Gasteiger partial charge in [-0.3, -0.25) is 19.7 Å². The molecule has 1 heterocycles. The summed E-state index contributed by atoms with van der Waals surface area (Å²) in [6, 6.07) is 2.44. The third-order valence-corrected chi connectivity index (χ3v) is 4.51. The number of carboxylic acid groups (broad SMARTS) is 1. The average Bonchev–Trinajstić information content (AvgIpc) is 2.60. The fourth-order valence-electron chi connectivity index (χ4n) is 3.06. The minimum absolute atomic E-state index is 0.00610. The van der Waals surface area contributed by atoms with Crippen LogP contribution in [0.25, 0.3) is 0 Å². The number of carbonyl (C=O) groups is 2. The largest absolute Gasteiger partial charge is 0.493 e. The van der Waals surface area contributed by atoms with Crippen LogP contribution in [0.15, 0.2) is 12.1 Å². The Hall–Kier alpha value is -2.84. The third-order valence-electron chi connectivity index (χ3n) is 4.51. The van der Waals surface area contributed by atoms with Crippen LogP contribution in [-0.2, 0) is 4.79 Å². The number of benzene rings is 1. The van der Waals surface area contributed by atoms with Crippen molar-refractivity contribution >= 4 is 17.6 Å². The van der Waals surface area contributed by atoms with Gasteiger partial charge in [0.15, 0.2) is 11.5 Å². The topological polar surface area (TPSA) is 119 Å². The van der Waals surface area contributed by atoms with E-state index < -0.39 is 27.9 Å². The Labute approximate surface area is 150 Å². The van der Waals surface area contributed by atoms with Crippen LogP contribution in [0.2, 0.25) is 0 Å². The molecule has 9 heteroatoms. The normalized spacial score (nSPS) is 19.7. The van der Waals surface area contributed by atoms with E-state index in [0.29, 0.717) is 19.4 Å². The number of carboxylic acids is 1. The van der Waals surface area contributed by atoms with Crippen molar-refractivity contribution in [3.63, 3.8) is 0 Å². The van der Waals surface area contributed by atoms with Crippen molar-refractivity contribution in [1.82, 2.24) is 4.90 Å². The van der Waals surface area contributed by atoms with E-state index >= 15 is 0 Å². The zero-order valence-electron chi connectivity index (χ0n) is 15.0. The Morgan fingerprint density at radius 1 is 1.38 bits per heavy atom. The smallest absolute Gasteiger partial charge is 0.311 e. The number of hydrogen-bond donors (Lipinski definition) is 1. The van der Waals surface area contributed by atoms with Crippen molar-refractivity contribution in [3.8, 4) is 11.5 Å². The molecule has 0 bridgehead atoms. The van der Waals surface area contributed by atoms with E-state index in [0.717, 1.165) is 6.07 Å². The van der Waals surface area contributed by atoms with Crippen molar-refractivity contribution < 1.29 is 29.1 Å². The lowest BCUT2D eigenvalue weighted by Gasteiger charge is -2.37. The second kappa shape index (κ2) is 7.59. The second-order valence-corrected chi connectivity index (χ2v) is 6.41. The monoisotopic (exact) mass is 366 g/mol. The Kier molecular flexibility index (Phi) is 5.69. The van der Waals surface area contributed by atoms with Crippen LogP contribution in [0.3, 0.4) is 0 Å². The number of nitro groups is 1. The maximum atomic E-state index is 12.9. The average molecular weight is 366 g/mol. The summed E-state index contributed by atoms with van der Waals surface area (Å²) in [5.74, 6) is -1.20. The van der Waals surface area contributed by atoms with Crippen molar-refractivity contribution in [1.29, 1.82) is 0 Å². The number of rotatable bonds is 6. The summed E-state index contributed by atoms with van der Waals surface area (Å²) in [7, 11) is 1.38. The van der Waals surface area contributed by atoms with Gasteiger partial charge in [-0.15, -0.1) is 0 Å². The Morgan fingerprint density at radius 2 is 2.08 bits per heavy atom. The summed E-state index contributed by atoms with van der Waals surface area (Å²) in [5, 5.41) is 20.9. The fraction of sp³-hybridized carbons (Fsp3) is 0.529. The lowest BCUT2D eigenvalue weighted by Crippen LogP contribution is -2.48. The van der Waals surface area contributed by atoms with Gasteiger partial charge in [0.1, 0.15) is 5.56 Å². The lowest BCUT2D eigenvalue weighted by molar-refractivity contribution is -0.385. The highest BCUT2D eigenvalue weighted by Gasteiger charge is 2.40. The molecule has 1 unspecified atom stereocenters. The van der Waals surface area contributed by atoms with Gasteiger partial charge in [0.25, 0.3) is 11.6 Å². The molecular weight excluding hydrogens is 344 g/mol. The molecule has 1 saturated heterocycles. The molecule has 0 aliphatic carbocycles. The van der Waals surface area contributed by atoms with Crippen LogP contribution in [0, 0.1) is 15.5 Å². The number of nitrogens with zero attached hydrogens (tertiary/aromatic N) is 2. The summed E-state index contributed by atoms with van der Waals surface area (Å²) in [5.41, 5.74) is -1.62. The molecule has 1 aliphatic heterocycles. The van der Waals surface area contributed by atoms with E-state index in [-0.39, 0.29) is 30.2 Å². The molecule has 1 aliphatic rings. The maximum absolute atomic E-state index is 12.9. The van der Waals surface area contributed by atoms with Crippen LogP contribution in [-0.4, -0.2) is 53.6 Å². The standard InChI is InChI=1S/C17H22N2O7/c1-4-26-14-9-12(19(23)24)11(8-13(14)25-3)15(20)18-7-5-6-17(2,10-18)16(21)22/h8-9H,4-7,10H2,1-3H3,(H,21,22). The molecule has 0 aromatic heterocycles. The first-order valence-electron chi connectivity index (χ1n) is 8.25. The summed E-state index contributed by atoms with van der Waals surface area (Å²) < 4.78 is 10.5. The van der Waals surface area contributed by atoms with Crippen molar-refractivity contribution in [2.45, 2.75) is 26.7 Å². The van der Waals surface area contributed by atoms with Gasteiger partial charge in [-0.1, -0.05) is 0 Å². The molecule has 142 valence electrons. The Balaban J connectivity index is 2.44. The zero-order valence-corrected chi connectivity index (χ0v) is 15.0. The zero-order chi connectivity index (χ0) is 19.5. The summed E-state index contributed by atoms with van der Waals surface area (Å²) >= 11 is 0. The highest BCUT2D eigenvalue weighted by molar-refractivity contribution is 5.99. The summed E-state index contributed by atoms with van der Waals surface area (Å²) in [4.78, 5) is 36.5. The van der Waals surface area contributed by atoms with E-state index in [1.165, 1.54) is 18.1 Å². The van der Waals surface area contributed by atoms with Crippen LogP contribution < -0.4 is 9.47 Å². The second-order valence-electron chi connectivity index (χ2n) is 6.41. The minimum atomic E-state index is -1.07. The third kappa shape index (κ3) is 3.71. The molecule has 1 N–H and O–H groups in total. The molecule has 2 rings (SSSR count). The molecule has 1 aromatic rings. The van der Waals surface area contributed by atoms with Crippen LogP contribution >= 0.6 is 0 Å². The number of aliphatic carboxylic acids is 1. The number of likely N-dealkylation sites (tertiary alicyclic amines) is 1. The lowest BCUT2D eigenvalue weighted by atomic mass is 9.82. The number of piperidine rings is 1. The van der Waals surface area contributed by atoms with Crippen molar-refractivity contribution in [3.05, 3.63) is 27.8 Å². The quantitative estimate of drug-likeness (QED) is 0.606. The fourth-order valence-corrected chi connectivity index (χ4v) is 3.06. The van der Waals surface area contributed by atoms with Crippen molar-refractivity contribution in [2.75, 3.05) is 26.8 Å². The van der Waals surface area contributed by atoms with Gasteiger partial charge in [-0.2, -0.15) is 0 Å². The van der Waals surface area contributed by atoms with Crippen LogP contribution in [0.1, 0.15) is 37.0 Å². The van der Waals surface area contributed by atoms with Crippen molar-refractivity contribution in [2.24, 2.45) is 5.41 Å². The van der Waals surface area contributed by atoms with Gasteiger partial charge in [-0.25, -0.2) is 0 Å². The molecule has 1 fully saturated rings. The number of methoxy groups -OCH3 is 1. The maximum Gasteiger partial charge on any atom is 0.311 e. The molecule has 26 heavy (non-hydrogen) atoms. The van der Waals surface area contributed by atoms with Crippen LogP contribution in [0.4, 0.5) is 5.69 Å². The number of ether oxygens (including phenoxy) is 2. The van der Waals surface area contributed by atoms with Crippen LogP contribution in [0.5, 0.6) is 11.5 Å². The number of hydrogen-bond acceptors (Lipinski definition) is 6. The number of amides is 1. The molecule has 9 nitrogen and oxygen atoms in total. The number of carbonyl (C=O) groups excluding carboxylic acids is 1. The highest BCUT2D eigenvalue weighted by Crippen LogP contribution is 2.37. The van der Waals surface area contributed by atoms with Gasteiger partial charge < -0.3 is 19.5 Å². The molecule has 0 spiro atoms. The van der Waals surface area contributed by atoms with E-state index in [1.54, 1.807) is 13.8 Å². The first-order chi connectivity index (χ1) is 12.2.